The molecule has 1 aliphatic heterocycles. The fraction of sp³-hybridized carbons (Fsp3) is 0.222. The van der Waals surface area contributed by atoms with Crippen LogP contribution in [0.25, 0.3) is 22.3 Å². The predicted molar refractivity (Wildman–Crippen MR) is 134 cm³/mol. The fourth-order valence-corrected chi connectivity index (χ4v) is 5.90. The largest absolute Gasteiger partial charge is 0.492 e. The van der Waals surface area contributed by atoms with Crippen LogP contribution in [0.2, 0.25) is 0 Å². The zero-order valence-corrected chi connectivity index (χ0v) is 20.7. The molecule has 36 heavy (non-hydrogen) atoms. The number of carbonyl (C=O) groups is 1. The zero-order valence-electron chi connectivity index (χ0n) is 19.9. The van der Waals surface area contributed by atoms with Crippen molar-refractivity contribution < 1.29 is 26.8 Å². The molecule has 4 aromatic rings. The Bertz CT molecular complexity index is 1540. The maximum atomic E-state index is 13.5. The molecule has 0 fully saturated rings. The molecule has 0 saturated heterocycles. The molecule has 1 amide bonds. The van der Waals surface area contributed by atoms with E-state index < -0.39 is 15.8 Å². The van der Waals surface area contributed by atoms with Crippen LogP contribution in [0.5, 0.6) is 5.75 Å². The molecular weight excluding hydrogens is 483 g/mol. The molecule has 0 unspecified atom stereocenters. The fourth-order valence-electron chi connectivity index (χ4n) is 4.48. The highest BCUT2D eigenvalue weighted by Crippen LogP contribution is 2.40. The molecule has 1 aliphatic rings. The summed E-state index contributed by atoms with van der Waals surface area (Å²) in [5.41, 5.74) is 2.97. The van der Waals surface area contributed by atoms with Crippen molar-refractivity contribution in [2.45, 2.75) is 18.2 Å². The number of amides is 1. The number of furan rings is 1. The summed E-state index contributed by atoms with van der Waals surface area (Å²) in [5.74, 6) is 0.118. The number of hydrogen-bond donors (Lipinski definition) is 1. The number of sulfonamides is 1. The minimum atomic E-state index is -3.73. The first-order valence-electron chi connectivity index (χ1n) is 11.6. The quantitative estimate of drug-likeness (QED) is 0.438. The average Bonchev–Trinajstić information content (AvgIpc) is 3.24. The molecule has 0 atom stereocenters. The molecule has 7 nitrogen and oxygen atoms in total. The summed E-state index contributed by atoms with van der Waals surface area (Å²) in [7, 11) is -2.21. The molecule has 0 aliphatic carbocycles. The number of benzene rings is 3. The number of fused-ring (bicyclic) bond motifs is 3. The molecule has 186 valence electrons. The maximum Gasteiger partial charge on any atom is 0.255 e. The lowest BCUT2D eigenvalue weighted by atomic mass is 9.98. The summed E-state index contributed by atoms with van der Waals surface area (Å²) in [4.78, 5) is 13.3. The van der Waals surface area contributed by atoms with Crippen molar-refractivity contribution in [3.05, 3.63) is 83.2 Å². The summed E-state index contributed by atoms with van der Waals surface area (Å²) in [6.45, 7) is 2.46. The van der Waals surface area contributed by atoms with Crippen molar-refractivity contribution in [1.82, 2.24) is 9.62 Å². The smallest absolute Gasteiger partial charge is 0.255 e. The maximum absolute atomic E-state index is 13.5. The van der Waals surface area contributed by atoms with Crippen LogP contribution in [0.1, 0.15) is 21.5 Å². The van der Waals surface area contributed by atoms with Gasteiger partial charge in [0.05, 0.1) is 10.5 Å². The Morgan fingerprint density at radius 3 is 2.42 bits per heavy atom. The van der Waals surface area contributed by atoms with E-state index in [-0.39, 0.29) is 30.5 Å². The van der Waals surface area contributed by atoms with Gasteiger partial charge in [-0.3, -0.25) is 4.79 Å². The van der Waals surface area contributed by atoms with Gasteiger partial charge >= 0.3 is 0 Å². The van der Waals surface area contributed by atoms with E-state index in [1.807, 2.05) is 6.92 Å². The number of hydrogen-bond acceptors (Lipinski definition) is 5. The van der Waals surface area contributed by atoms with E-state index in [0.29, 0.717) is 45.6 Å². The Kier molecular flexibility index (Phi) is 6.27. The van der Waals surface area contributed by atoms with Crippen molar-refractivity contribution in [3.8, 4) is 17.1 Å². The van der Waals surface area contributed by atoms with Crippen LogP contribution < -0.4 is 10.1 Å². The van der Waals surface area contributed by atoms with Crippen LogP contribution in [-0.2, 0) is 16.4 Å². The monoisotopic (exact) mass is 508 g/mol. The van der Waals surface area contributed by atoms with E-state index in [4.69, 9.17) is 9.15 Å². The molecule has 0 radical (unpaired) electrons. The Morgan fingerprint density at radius 1 is 1.00 bits per heavy atom. The summed E-state index contributed by atoms with van der Waals surface area (Å²) < 4.78 is 53.7. The Hall–Kier alpha value is -3.69. The van der Waals surface area contributed by atoms with Gasteiger partial charge in [0, 0.05) is 36.7 Å². The minimum Gasteiger partial charge on any atom is -0.492 e. The van der Waals surface area contributed by atoms with Gasteiger partial charge in [-0.05, 0) is 61.9 Å². The van der Waals surface area contributed by atoms with E-state index >= 15 is 0 Å². The van der Waals surface area contributed by atoms with Crippen LogP contribution in [0.15, 0.2) is 70.0 Å². The number of aryl methyl sites for hydroxylation is 1. The number of rotatable bonds is 4. The topological polar surface area (TPSA) is 88.9 Å². The lowest BCUT2D eigenvalue weighted by Crippen LogP contribution is -2.37. The second kappa shape index (κ2) is 9.40. The van der Waals surface area contributed by atoms with E-state index in [1.54, 1.807) is 48.5 Å². The summed E-state index contributed by atoms with van der Waals surface area (Å²) >= 11 is 0. The Balaban J connectivity index is 1.60. The highest BCUT2D eigenvalue weighted by atomic mass is 32.2. The first-order chi connectivity index (χ1) is 17.3. The molecule has 0 saturated carbocycles. The van der Waals surface area contributed by atoms with Gasteiger partial charge in [-0.1, -0.05) is 17.7 Å². The number of halogens is 1. The van der Waals surface area contributed by atoms with Gasteiger partial charge in [0.1, 0.15) is 29.5 Å². The van der Waals surface area contributed by atoms with Crippen molar-refractivity contribution in [2.75, 3.05) is 26.7 Å². The van der Waals surface area contributed by atoms with E-state index in [0.717, 1.165) is 5.56 Å². The van der Waals surface area contributed by atoms with Crippen LogP contribution in [0.4, 0.5) is 4.39 Å². The highest BCUT2D eigenvalue weighted by Gasteiger charge is 2.30. The molecule has 1 aromatic heterocycles. The van der Waals surface area contributed by atoms with Crippen molar-refractivity contribution in [3.63, 3.8) is 0 Å². The number of nitrogens with zero attached hydrogens (tertiary/aromatic N) is 1. The molecule has 3 aromatic carbocycles. The SMILES string of the molecule is CNC(=O)c1c(-c2ccc(F)cc2)oc2ccc3c(c12)CCN(S(=O)(=O)c1ccc(C)cc1)CCO3. The van der Waals surface area contributed by atoms with Crippen LogP contribution in [-0.4, -0.2) is 45.4 Å². The lowest BCUT2D eigenvalue weighted by molar-refractivity contribution is 0.0964. The Morgan fingerprint density at radius 2 is 1.72 bits per heavy atom. The molecule has 9 heteroatoms. The predicted octanol–water partition coefficient (Wildman–Crippen LogP) is 4.53. The molecule has 0 bridgehead atoms. The van der Waals surface area contributed by atoms with E-state index in [9.17, 15) is 17.6 Å². The average molecular weight is 509 g/mol. The first-order valence-corrected chi connectivity index (χ1v) is 13.0. The second-order valence-corrected chi connectivity index (χ2v) is 10.6. The summed E-state index contributed by atoms with van der Waals surface area (Å²) in [6.07, 6.45) is 0.310. The van der Waals surface area contributed by atoms with Gasteiger partial charge in [-0.2, -0.15) is 4.31 Å². The Labute approximate surface area is 208 Å². The molecule has 5 rings (SSSR count). The van der Waals surface area contributed by atoms with Gasteiger partial charge < -0.3 is 14.5 Å². The van der Waals surface area contributed by atoms with E-state index in [2.05, 4.69) is 5.32 Å². The summed E-state index contributed by atoms with van der Waals surface area (Å²) in [6, 6.07) is 16.0. The normalized spacial score (nSPS) is 14.5. The molecule has 2 heterocycles. The number of nitrogens with one attached hydrogen (secondary N) is 1. The lowest BCUT2D eigenvalue weighted by Gasteiger charge is -2.26. The zero-order chi connectivity index (χ0) is 25.4. The van der Waals surface area contributed by atoms with Crippen LogP contribution >= 0.6 is 0 Å². The number of carbonyl (C=O) groups excluding carboxylic acids is 1. The first kappa shape index (κ1) is 24.0. The molecular formula is C27H25FN2O5S. The third kappa shape index (κ3) is 4.25. The third-order valence-corrected chi connectivity index (χ3v) is 8.26. The second-order valence-electron chi connectivity index (χ2n) is 8.62. The highest BCUT2D eigenvalue weighted by molar-refractivity contribution is 7.89. The van der Waals surface area contributed by atoms with Crippen LogP contribution in [0.3, 0.4) is 0 Å². The van der Waals surface area contributed by atoms with Gasteiger partial charge in [-0.15, -0.1) is 0 Å². The van der Waals surface area contributed by atoms with Crippen molar-refractivity contribution in [2.24, 2.45) is 0 Å². The number of ether oxygens (including phenoxy) is 1. The van der Waals surface area contributed by atoms with E-state index in [1.165, 1.54) is 23.5 Å². The van der Waals surface area contributed by atoms with Crippen molar-refractivity contribution in [1.29, 1.82) is 0 Å². The van der Waals surface area contributed by atoms with Gasteiger partial charge in [-0.25, -0.2) is 12.8 Å². The van der Waals surface area contributed by atoms with Crippen molar-refractivity contribution >= 4 is 26.9 Å². The van der Waals surface area contributed by atoms with Crippen LogP contribution in [0, 0.1) is 12.7 Å². The molecule has 1 N–H and O–H groups in total. The third-order valence-electron chi connectivity index (χ3n) is 6.35. The standard InChI is InChI=1S/C27H25FN2O5S/c1-17-3-9-20(10-4-17)36(32,33)30-14-13-21-22(34-16-15-30)11-12-23-24(21)25(27(31)29-2)26(35-23)18-5-7-19(28)8-6-18/h3-12H,13-16H2,1-2H3,(H,29,31). The molecule has 0 spiro atoms. The minimum absolute atomic E-state index is 0.154. The summed E-state index contributed by atoms with van der Waals surface area (Å²) in [5, 5.41) is 3.21. The van der Waals surface area contributed by atoms with Gasteiger partial charge in [0.2, 0.25) is 10.0 Å². The van der Waals surface area contributed by atoms with Gasteiger partial charge in [0.25, 0.3) is 5.91 Å². The van der Waals surface area contributed by atoms with Gasteiger partial charge in [0.15, 0.2) is 0 Å².